The molecule has 30 heavy (non-hydrogen) atoms. The first kappa shape index (κ1) is 19.0. The molecule has 156 valence electrons. The topological polar surface area (TPSA) is 93.8 Å². The van der Waals surface area contributed by atoms with E-state index in [4.69, 9.17) is 11.6 Å². The van der Waals surface area contributed by atoms with E-state index in [1.165, 1.54) is 0 Å². The first-order valence-electron chi connectivity index (χ1n) is 10.0. The third kappa shape index (κ3) is 3.23. The predicted octanol–water partition coefficient (Wildman–Crippen LogP) is 3.20. The third-order valence-corrected chi connectivity index (χ3v) is 6.43. The lowest BCUT2D eigenvalue weighted by Gasteiger charge is -2.63. The summed E-state index contributed by atoms with van der Waals surface area (Å²) in [4.78, 5) is 19.6. The standard InChI is InChI=1S/C20H23ClN8O/c1-13-7-15-10-20(9-13,11-28-6-5-23-26-28)29(15)19(30)24-14-3-4-17(21)16(8-14)18-22-12-27(2)25-18/h3-6,8,12-13,15H,7,9-11H2,1-2H3,(H,24,30)/t13-,15-,20+/m1/s1. The molecule has 2 aliphatic heterocycles. The van der Waals surface area contributed by atoms with Crippen LogP contribution in [0.1, 0.15) is 26.2 Å². The first-order chi connectivity index (χ1) is 14.4. The van der Waals surface area contributed by atoms with Gasteiger partial charge in [0.15, 0.2) is 5.82 Å². The number of fused-ring (bicyclic) bond motifs is 2. The fourth-order valence-corrected chi connectivity index (χ4v) is 5.30. The highest BCUT2D eigenvalue weighted by molar-refractivity contribution is 6.33. The number of piperidine rings is 1. The lowest BCUT2D eigenvalue weighted by atomic mass is 9.64. The number of rotatable bonds is 4. The van der Waals surface area contributed by atoms with Gasteiger partial charge in [0.05, 0.1) is 23.3 Å². The summed E-state index contributed by atoms with van der Waals surface area (Å²) in [7, 11) is 1.80. The number of benzene rings is 1. The van der Waals surface area contributed by atoms with Gasteiger partial charge in [-0.05, 0) is 43.4 Å². The van der Waals surface area contributed by atoms with Crippen molar-refractivity contribution in [3.63, 3.8) is 0 Å². The fraction of sp³-hybridized carbons (Fsp3) is 0.450. The van der Waals surface area contributed by atoms with Crippen LogP contribution in [0.25, 0.3) is 11.4 Å². The minimum absolute atomic E-state index is 0.0967. The molecular weight excluding hydrogens is 404 g/mol. The number of anilines is 1. The molecule has 0 spiro atoms. The van der Waals surface area contributed by atoms with Crippen LogP contribution in [0.2, 0.25) is 5.02 Å². The number of nitrogens with one attached hydrogen (secondary N) is 1. The average Bonchev–Trinajstić information content (AvgIpc) is 3.34. The summed E-state index contributed by atoms with van der Waals surface area (Å²) in [6, 6.07) is 5.53. The van der Waals surface area contributed by atoms with E-state index in [9.17, 15) is 4.79 Å². The Hall–Kier alpha value is -2.94. The van der Waals surface area contributed by atoms with Crippen LogP contribution < -0.4 is 5.32 Å². The zero-order valence-corrected chi connectivity index (χ0v) is 17.6. The van der Waals surface area contributed by atoms with Crippen molar-refractivity contribution in [1.82, 2.24) is 34.7 Å². The maximum Gasteiger partial charge on any atom is 0.322 e. The molecule has 4 heterocycles. The summed E-state index contributed by atoms with van der Waals surface area (Å²) in [5.74, 6) is 1.10. The Morgan fingerprint density at radius 2 is 2.23 bits per heavy atom. The fourth-order valence-electron chi connectivity index (χ4n) is 5.10. The van der Waals surface area contributed by atoms with Crippen LogP contribution >= 0.6 is 11.6 Å². The van der Waals surface area contributed by atoms with Crippen molar-refractivity contribution in [1.29, 1.82) is 0 Å². The van der Waals surface area contributed by atoms with E-state index in [0.717, 1.165) is 19.3 Å². The minimum atomic E-state index is -0.224. The summed E-state index contributed by atoms with van der Waals surface area (Å²) < 4.78 is 3.44. The zero-order valence-electron chi connectivity index (χ0n) is 16.9. The number of halogens is 1. The lowest BCUT2D eigenvalue weighted by Crippen LogP contribution is -2.73. The summed E-state index contributed by atoms with van der Waals surface area (Å²) in [5, 5.41) is 15.9. The monoisotopic (exact) mass is 426 g/mol. The highest BCUT2D eigenvalue weighted by Crippen LogP contribution is 2.50. The normalized spacial score (nSPS) is 25.1. The molecule has 6 rings (SSSR count). The third-order valence-electron chi connectivity index (χ3n) is 6.10. The highest BCUT2D eigenvalue weighted by atomic mass is 35.5. The van der Waals surface area contributed by atoms with Gasteiger partial charge in [-0.25, -0.2) is 9.78 Å². The lowest BCUT2D eigenvalue weighted by molar-refractivity contribution is -0.100. The van der Waals surface area contributed by atoms with E-state index >= 15 is 0 Å². The van der Waals surface area contributed by atoms with Gasteiger partial charge in [-0.2, -0.15) is 5.10 Å². The van der Waals surface area contributed by atoms with Crippen LogP contribution in [0.4, 0.5) is 10.5 Å². The van der Waals surface area contributed by atoms with Gasteiger partial charge >= 0.3 is 6.03 Å². The predicted molar refractivity (Wildman–Crippen MR) is 112 cm³/mol. The van der Waals surface area contributed by atoms with Crippen LogP contribution in [0.5, 0.6) is 0 Å². The number of urea groups is 1. The quantitative estimate of drug-likeness (QED) is 0.691. The van der Waals surface area contributed by atoms with E-state index in [-0.39, 0.29) is 17.6 Å². The van der Waals surface area contributed by atoms with Crippen LogP contribution in [0, 0.1) is 5.92 Å². The van der Waals surface area contributed by atoms with E-state index in [1.54, 1.807) is 36.4 Å². The number of carbonyl (C=O) groups excluding carboxylic acids is 1. The molecule has 0 unspecified atom stereocenters. The van der Waals surface area contributed by atoms with Crippen LogP contribution in [0.15, 0.2) is 36.9 Å². The van der Waals surface area contributed by atoms with Crippen molar-refractivity contribution in [2.24, 2.45) is 13.0 Å². The SMILES string of the molecule is C[C@@H]1C[C@@H]2C[C@](Cn3ccnn3)(C1)N2C(=O)Nc1ccc(Cl)c(-c2ncn(C)n2)c1. The van der Waals surface area contributed by atoms with E-state index in [0.29, 0.717) is 34.6 Å². The Balaban J connectivity index is 1.38. The molecule has 1 aromatic carbocycles. The molecule has 2 aromatic heterocycles. The molecule has 10 heteroatoms. The molecule has 2 bridgehead atoms. The molecule has 1 N–H and O–H groups in total. The van der Waals surface area contributed by atoms with Gasteiger partial charge in [0.25, 0.3) is 0 Å². The second kappa shape index (κ2) is 7.09. The number of carbonyl (C=O) groups is 1. The second-order valence-electron chi connectivity index (χ2n) is 8.46. The van der Waals surface area contributed by atoms with E-state index in [2.05, 4.69) is 32.6 Å². The van der Waals surface area contributed by atoms with Gasteiger partial charge in [0.2, 0.25) is 0 Å². The summed E-state index contributed by atoms with van der Waals surface area (Å²) in [6.45, 7) is 2.91. The van der Waals surface area contributed by atoms with Crippen molar-refractivity contribution in [2.45, 2.75) is 44.3 Å². The molecule has 2 amide bonds. The molecule has 9 nitrogen and oxygen atoms in total. The Labute approximate surface area is 179 Å². The van der Waals surface area contributed by atoms with Gasteiger partial charge < -0.3 is 10.2 Å². The molecule has 3 aliphatic rings. The molecule has 1 aliphatic carbocycles. The van der Waals surface area contributed by atoms with Gasteiger partial charge in [0.1, 0.15) is 6.33 Å². The van der Waals surface area contributed by atoms with Gasteiger partial charge in [-0.1, -0.05) is 23.7 Å². The van der Waals surface area contributed by atoms with E-state index in [1.807, 2.05) is 21.8 Å². The first-order valence-corrected chi connectivity index (χ1v) is 10.4. The highest BCUT2D eigenvalue weighted by Gasteiger charge is 2.58. The Morgan fingerprint density at radius 1 is 1.37 bits per heavy atom. The number of aromatic nitrogens is 6. The second-order valence-corrected chi connectivity index (χ2v) is 8.87. The van der Waals surface area contributed by atoms with Gasteiger partial charge in [-0.3, -0.25) is 9.36 Å². The maximum atomic E-state index is 13.3. The summed E-state index contributed by atoms with van der Waals surface area (Å²) in [6.07, 6.45) is 8.12. The average molecular weight is 427 g/mol. The number of hydrogen-bond acceptors (Lipinski definition) is 5. The molecule has 3 atom stereocenters. The smallest absolute Gasteiger partial charge is 0.314 e. The Morgan fingerprint density at radius 3 is 2.97 bits per heavy atom. The Kier molecular flexibility index (Phi) is 4.50. The van der Waals surface area contributed by atoms with Crippen LogP contribution in [0.3, 0.4) is 0 Å². The summed E-state index contributed by atoms with van der Waals surface area (Å²) in [5.41, 5.74) is 1.13. The van der Waals surface area contributed by atoms with Crippen LogP contribution in [-0.2, 0) is 13.6 Å². The number of amides is 2. The molecular formula is C20H23ClN8O. The van der Waals surface area contributed by atoms with Crippen molar-refractivity contribution < 1.29 is 4.79 Å². The molecule has 0 radical (unpaired) electrons. The van der Waals surface area contributed by atoms with Gasteiger partial charge in [0, 0.05) is 30.5 Å². The van der Waals surface area contributed by atoms with Crippen molar-refractivity contribution in [2.75, 3.05) is 5.32 Å². The zero-order chi connectivity index (χ0) is 20.9. The minimum Gasteiger partial charge on any atom is -0.314 e. The van der Waals surface area contributed by atoms with Crippen LogP contribution in [-0.4, -0.2) is 52.3 Å². The largest absolute Gasteiger partial charge is 0.322 e. The molecule has 3 fully saturated rings. The van der Waals surface area contributed by atoms with Gasteiger partial charge in [-0.15, -0.1) is 5.10 Å². The maximum absolute atomic E-state index is 13.3. The number of nitrogens with zero attached hydrogens (tertiary/aromatic N) is 7. The van der Waals surface area contributed by atoms with Crippen molar-refractivity contribution >= 4 is 23.3 Å². The van der Waals surface area contributed by atoms with E-state index < -0.39 is 0 Å². The molecule has 2 saturated heterocycles. The molecule has 3 aromatic rings. The summed E-state index contributed by atoms with van der Waals surface area (Å²) >= 11 is 6.35. The Bertz CT molecular complexity index is 1080. The van der Waals surface area contributed by atoms with Crippen molar-refractivity contribution in [3.05, 3.63) is 41.9 Å². The van der Waals surface area contributed by atoms with Crippen molar-refractivity contribution in [3.8, 4) is 11.4 Å². The number of aryl methyl sites for hydroxylation is 1. The number of hydrogen-bond donors (Lipinski definition) is 1. The molecule has 1 saturated carbocycles.